The number of aryl methyl sites for hydroxylation is 2. The van der Waals surface area contributed by atoms with Gasteiger partial charge in [0.05, 0.1) is 33.3 Å². The van der Waals surface area contributed by atoms with E-state index in [1.54, 1.807) is 6.07 Å². The standard InChI is InChI=1S/C28H27ClF3N7/c1-3-16-6-5-7-17(4-2)25(16)39-26(19-8-9-22(29)24(34)20(19)12-33)21-15-38(11-10-23(21)37-39)27-35-13-18(14-36-27)28(30,31)32/h5-9,12-14,33H,3-4,10-11,15,34H2,1-2H3. The van der Waals surface area contributed by atoms with E-state index in [1.165, 1.54) is 6.21 Å². The second-order valence-corrected chi connectivity index (χ2v) is 9.73. The summed E-state index contributed by atoms with van der Waals surface area (Å²) in [5.41, 5.74) is 12.6. The van der Waals surface area contributed by atoms with Gasteiger partial charge in [0.2, 0.25) is 5.95 Å². The van der Waals surface area contributed by atoms with Crippen molar-refractivity contribution in [2.45, 2.75) is 45.8 Å². The molecule has 4 aromatic rings. The van der Waals surface area contributed by atoms with E-state index in [1.807, 2.05) is 21.7 Å². The molecule has 0 aliphatic carbocycles. The van der Waals surface area contributed by atoms with Gasteiger partial charge < -0.3 is 16.0 Å². The topological polar surface area (TPSA) is 96.7 Å². The summed E-state index contributed by atoms with van der Waals surface area (Å²) in [6.45, 7) is 5.00. The minimum absolute atomic E-state index is 0.207. The normalized spacial score (nSPS) is 13.4. The second-order valence-electron chi connectivity index (χ2n) is 9.33. The molecule has 3 heterocycles. The zero-order valence-corrected chi connectivity index (χ0v) is 22.2. The van der Waals surface area contributed by atoms with E-state index >= 15 is 0 Å². The number of hydrogen-bond donors (Lipinski definition) is 2. The first-order valence-electron chi connectivity index (χ1n) is 12.6. The highest BCUT2D eigenvalue weighted by atomic mass is 35.5. The zero-order chi connectivity index (χ0) is 27.9. The maximum absolute atomic E-state index is 13.1. The van der Waals surface area contributed by atoms with Crippen LogP contribution in [0.1, 0.15) is 47.4 Å². The molecule has 11 heteroatoms. The molecule has 2 aromatic heterocycles. The summed E-state index contributed by atoms with van der Waals surface area (Å²) < 4.78 is 41.2. The van der Waals surface area contributed by atoms with E-state index in [9.17, 15) is 13.2 Å². The minimum atomic E-state index is -4.51. The fourth-order valence-corrected chi connectivity index (χ4v) is 5.24. The Bertz CT molecular complexity index is 1520. The Balaban J connectivity index is 1.72. The van der Waals surface area contributed by atoms with Gasteiger partial charge in [0, 0.05) is 54.8 Å². The van der Waals surface area contributed by atoms with Gasteiger partial charge in [0.1, 0.15) is 0 Å². The van der Waals surface area contributed by atoms with Gasteiger partial charge >= 0.3 is 6.18 Å². The molecule has 0 amide bonds. The average molecular weight is 554 g/mol. The first kappa shape index (κ1) is 26.7. The third-order valence-corrected chi connectivity index (χ3v) is 7.42. The zero-order valence-electron chi connectivity index (χ0n) is 21.5. The number of nitrogens with two attached hydrogens (primary N) is 1. The van der Waals surface area contributed by atoms with Crippen LogP contribution >= 0.6 is 11.6 Å². The average Bonchev–Trinajstić information content (AvgIpc) is 3.31. The molecule has 39 heavy (non-hydrogen) atoms. The van der Waals surface area contributed by atoms with Crippen LogP contribution in [0.25, 0.3) is 16.9 Å². The van der Waals surface area contributed by atoms with E-state index in [4.69, 9.17) is 27.8 Å². The molecule has 7 nitrogen and oxygen atoms in total. The fourth-order valence-electron chi connectivity index (χ4n) is 5.07. The SMILES string of the molecule is CCc1cccc(CC)c1-n1nc2c(c1-c1ccc(Cl)c(N)c1C=N)CN(c1ncc(C(F)(F)F)cn1)CC2. The summed E-state index contributed by atoms with van der Waals surface area (Å²) in [5.74, 6) is 0.207. The highest BCUT2D eigenvalue weighted by molar-refractivity contribution is 6.34. The number of nitrogens with zero attached hydrogens (tertiary/aromatic N) is 5. The van der Waals surface area contributed by atoms with Crippen LogP contribution in [0.2, 0.25) is 5.02 Å². The van der Waals surface area contributed by atoms with Gasteiger partial charge in [-0.15, -0.1) is 0 Å². The van der Waals surface area contributed by atoms with Gasteiger partial charge in [-0.25, -0.2) is 14.6 Å². The lowest BCUT2D eigenvalue weighted by Crippen LogP contribution is -2.31. The number of fused-ring (bicyclic) bond motifs is 1. The largest absolute Gasteiger partial charge is 0.419 e. The number of hydrogen-bond acceptors (Lipinski definition) is 6. The van der Waals surface area contributed by atoms with Crippen molar-refractivity contribution >= 4 is 29.5 Å². The molecule has 0 atom stereocenters. The number of alkyl halides is 3. The Labute approximate surface area is 229 Å². The number of para-hydroxylation sites is 1. The van der Waals surface area contributed by atoms with Crippen molar-refractivity contribution in [3.05, 3.63) is 81.3 Å². The van der Waals surface area contributed by atoms with Gasteiger partial charge in [-0.05, 0) is 30.0 Å². The number of halogens is 4. The Morgan fingerprint density at radius 1 is 1.08 bits per heavy atom. The van der Waals surface area contributed by atoms with Crippen molar-refractivity contribution < 1.29 is 13.2 Å². The van der Waals surface area contributed by atoms with Crippen molar-refractivity contribution in [1.82, 2.24) is 19.7 Å². The van der Waals surface area contributed by atoms with E-state index in [0.29, 0.717) is 41.3 Å². The van der Waals surface area contributed by atoms with Crippen molar-refractivity contribution in [3.8, 4) is 16.9 Å². The van der Waals surface area contributed by atoms with Crippen LogP contribution < -0.4 is 10.6 Å². The van der Waals surface area contributed by atoms with Crippen LogP contribution in [0, 0.1) is 5.41 Å². The van der Waals surface area contributed by atoms with Crippen molar-refractivity contribution in [1.29, 1.82) is 5.41 Å². The highest BCUT2D eigenvalue weighted by Gasteiger charge is 2.33. The number of aromatic nitrogens is 4. The molecular formula is C28H27ClF3N7. The molecule has 1 aliphatic heterocycles. The molecule has 0 fully saturated rings. The van der Waals surface area contributed by atoms with Crippen LogP contribution in [-0.4, -0.2) is 32.5 Å². The van der Waals surface area contributed by atoms with E-state index in [-0.39, 0.29) is 5.95 Å². The third kappa shape index (κ3) is 4.73. The van der Waals surface area contributed by atoms with Crippen LogP contribution in [0.5, 0.6) is 0 Å². The van der Waals surface area contributed by atoms with Gasteiger partial charge in [-0.2, -0.15) is 18.3 Å². The molecule has 0 saturated carbocycles. The molecule has 2 aromatic carbocycles. The number of nitrogen functional groups attached to an aromatic ring is 1. The number of rotatable bonds is 6. The van der Waals surface area contributed by atoms with Crippen molar-refractivity contribution in [3.63, 3.8) is 0 Å². The molecule has 0 unspecified atom stereocenters. The Morgan fingerprint density at radius 2 is 1.74 bits per heavy atom. The Hall–Kier alpha value is -3.92. The molecule has 0 saturated heterocycles. The predicted octanol–water partition coefficient (Wildman–Crippen LogP) is 6.27. The van der Waals surface area contributed by atoms with Crippen LogP contribution in [0.15, 0.2) is 42.7 Å². The Kier molecular flexibility index (Phi) is 7.07. The smallest absolute Gasteiger partial charge is 0.397 e. The molecule has 3 N–H and O–H groups in total. The molecular weight excluding hydrogens is 527 g/mol. The molecule has 0 spiro atoms. The van der Waals surface area contributed by atoms with Crippen molar-refractivity contribution in [2.75, 3.05) is 17.2 Å². The highest BCUT2D eigenvalue weighted by Crippen LogP contribution is 2.39. The quantitative estimate of drug-likeness (QED) is 0.217. The number of nitrogens with one attached hydrogen (secondary N) is 1. The summed E-state index contributed by atoms with van der Waals surface area (Å²) >= 11 is 6.31. The summed E-state index contributed by atoms with van der Waals surface area (Å²) in [4.78, 5) is 9.88. The summed E-state index contributed by atoms with van der Waals surface area (Å²) in [5, 5.41) is 13.5. The van der Waals surface area contributed by atoms with Gasteiger partial charge in [0.25, 0.3) is 0 Å². The monoisotopic (exact) mass is 553 g/mol. The molecule has 5 rings (SSSR count). The van der Waals surface area contributed by atoms with Gasteiger partial charge in [-0.1, -0.05) is 49.7 Å². The maximum atomic E-state index is 13.1. The molecule has 1 aliphatic rings. The summed E-state index contributed by atoms with van der Waals surface area (Å²) in [7, 11) is 0. The lowest BCUT2D eigenvalue weighted by atomic mass is 9.96. The fraction of sp³-hybridized carbons (Fsp3) is 0.286. The lowest BCUT2D eigenvalue weighted by molar-refractivity contribution is -0.138. The molecule has 0 radical (unpaired) electrons. The second kappa shape index (κ2) is 10.3. The number of anilines is 2. The van der Waals surface area contributed by atoms with E-state index in [2.05, 4.69) is 35.9 Å². The van der Waals surface area contributed by atoms with Crippen LogP contribution in [-0.2, 0) is 32.0 Å². The predicted molar refractivity (Wildman–Crippen MR) is 147 cm³/mol. The Morgan fingerprint density at radius 3 is 2.33 bits per heavy atom. The molecule has 202 valence electrons. The van der Waals surface area contributed by atoms with Gasteiger partial charge in [0.15, 0.2) is 0 Å². The molecule has 0 bridgehead atoms. The first-order valence-corrected chi connectivity index (χ1v) is 13.0. The van der Waals surface area contributed by atoms with Gasteiger partial charge in [-0.3, -0.25) is 0 Å². The number of benzene rings is 2. The van der Waals surface area contributed by atoms with E-state index in [0.717, 1.165) is 59.0 Å². The summed E-state index contributed by atoms with van der Waals surface area (Å²) in [6, 6.07) is 9.73. The summed E-state index contributed by atoms with van der Waals surface area (Å²) in [6.07, 6.45) is 0.409. The third-order valence-electron chi connectivity index (χ3n) is 7.09. The van der Waals surface area contributed by atoms with Crippen molar-refractivity contribution in [2.24, 2.45) is 0 Å². The van der Waals surface area contributed by atoms with Crippen LogP contribution in [0.3, 0.4) is 0 Å². The first-order chi connectivity index (χ1) is 18.7. The lowest BCUT2D eigenvalue weighted by Gasteiger charge is -2.27. The van der Waals surface area contributed by atoms with Crippen LogP contribution in [0.4, 0.5) is 24.8 Å². The minimum Gasteiger partial charge on any atom is -0.397 e. The maximum Gasteiger partial charge on any atom is 0.419 e. The van der Waals surface area contributed by atoms with E-state index < -0.39 is 11.7 Å².